The minimum Gasteiger partial charge on any atom is -0.362 e. The van der Waals surface area contributed by atoms with Crippen LogP contribution in [-0.2, 0) is 13.5 Å². The average molecular weight is 266 g/mol. The van der Waals surface area contributed by atoms with Crippen molar-refractivity contribution >= 4 is 17.3 Å². The van der Waals surface area contributed by atoms with Crippen molar-refractivity contribution in [1.82, 2.24) is 20.4 Å². The monoisotopic (exact) mass is 266 g/mol. The summed E-state index contributed by atoms with van der Waals surface area (Å²) in [5.74, 6) is 0. The van der Waals surface area contributed by atoms with Gasteiger partial charge in [0.2, 0.25) is 0 Å². The van der Waals surface area contributed by atoms with Gasteiger partial charge in [0.05, 0.1) is 6.20 Å². The summed E-state index contributed by atoms with van der Waals surface area (Å²) in [5.41, 5.74) is 1.24. The minimum atomic E-state index is 0.581. The predicted octanol–water partition coefficient (Wildman–Crippen LogP) is 1.76. The zero-order valence-corrected chi connectivity index (χ0v) is 11.8. The van der Waals surface area contributed by atoms with Crippen LogP contribution in [0.15, 0.2) is 12.4 Å². The van der Waals surface area contributed by atoms with Gasteiger partial charge < -0.3 is 10.6 Å². The van der Waals surface area contributed by atoms with Gasteiger partial charge in [0.15, 0.2) is 5.11 Å². The zero-order valence-electron chi connectivity index (χ0n) is 11.0. The van der Waals surface area contributed by atoms with Crippen molar-refractivity contribution in [2.24, 2.45) is 7.05 Å². The third kappa shape index (κ3) is 4.29. The fraction of sp³-hybridized carbons (Fsp3) is 0.692. The number of hydrogen-bond donors (Lipinski definition) is 2. The van der Waals surface area contributed by atoms with Crippen LogP contribution in [0.5, 0.6) is 0 Å². The van der Waals surface area contributed by atoms with Gasteiger partial charge >= 0.3 is 0 Å². The molecule has 0 amide bonds. The van der Waals surface area contributed by atoms with E-state index < -0.39 is 0 Å². The summed E-state index contributed by atoms with van der Waals surface area (Å²) in [6.45, 7) is 0.865. The topological polar surface area (TPSA) is 41.9 Å². The van der Waals surface area contributed by atoms with Crippen molar-refractivity contribution in [3.8, 4) is 0 Å². The van der Waals surface area contributed by atoms with Gasteiger partial charge in [-0.3, -0.25) is 4.68 Å². The van der Waals surface area contributed by atoms with E-state index in [0.29, 0.717) is 6.04 Å². The van der Waals surface area contributed by atoms with Crippen LogP contribution in [0.25, 0.3) is 0 Å². The van der Waals surface area contributed by atoms with E-state index in [2.05, 4.69) is 15.7 Å². The molecule has 2 N–H and O–H groups in total. The number of thiocarbonyl (C=S) groups is 1. The largest absolute Gasteiger partial charge is 0.362 e. The Labute approximate surface area is 114 Å². The van der Waals surface area contributed by atoms with Crippen LogP contribution in [0.2, 0.25) is 0 Å². The molecule has 18 heavy (non-hydrogen) atoms. The molecular formula is C13H22N4S. The molecule has 0 aliphatic heterocycles. The number of aryl methyl sites for hydroxylation is 1. The third-order valence-corrected chi connectivity index (χ3v) is 3.66. The van der Waals surface area contributed by atoms with Gasteiger partial charge in [0.1, 0.15) is 0 Å². The average Bonchev–Trinajstić information content (AvgIpc) is 2.76. The first-order chi connectivity index (χ1) is 8.74. The first kappa shape index (κ1) is 13.3. The van der Waals surface area contributed by atoms with E-state index in [0.717, 1.165) is 18.1 Å². The van der Waals surface area contributed by atoms with Crippen LogP contribution in [0, 0.1) is 0 Å². The maximum Gasteiger partial charge on any atom is 0.166 e. The maximum absolute atomic E-state index is 5.31. The van der Waals surface area contributed by atoms with Crippen LogP contribution < -0.4 is 10.6 Å². The highest BCUT2D eigenvalue weighted by molar-refractivity contribution is 7.80. The molecule has 1 aliphatic rings. The van der Waals surface area contributed by atoms with E-state index in [1.54, 1.807) is 0 Å². The van der Waals surface area contributed by atoms with Crippen molar-refractivity contribution < 1.29 is 0 Å². The molecule has 0 spiro atoms. The highest BCUT2D eigenvalue weighted by Gasteiger charge is 2.13. The maximum atomic E-state index is 5.31. The summed E-state index contributed by atoms with van der Waals surface area (Å²) in [6, 6.07) is 0.581. The molecule has 0 bridgehead atoms. The second-order valence-electron chi connectivity index (χ2n) is 5.01. The van der Waals surface area contributed by atoms with Gasteiger partial charge in [-0.05, 0) is 37.0 Å². The van der Waals surface area contributed by atoms with Gasteiger partial charge in [-0.1, -0.05) is 19.3 Å². The molecule has 1 fully saturated rings. The molecule has 4 nitrogen and oxygen atoms in total. The molecule has 1 aromatic rings. The van der Waals surface area contributed by atoms with Crippen molar-refractivity contribution in [2.45, 2.75) is 44.6 Å². The van der Waals surface area contributed by atoms with Crippen molar-refractivity contribution in [3.05, 3.63) is 18.0 Å². The van der Waals surface area contributed by atoms with Gasteiger partial charge in [-0.2, -0.15) is 5.10 Å². The van der Waals surface area contributed by atoms with Crippen LogP contribution in [0.1, 0.15) is 37.7 Å². The highest BCUT2D eigenvalue weighted by atomic mass is 32.1. The van der Waals surface area contributed by atoms with Crippen molar-refractivity contribution in [2.75, 3.05) is 6.54 Å². The van der Waals surface area contributed by atoms with Crippen LogP contribution in [0.3, 0.4) is 0 Å². The molecule has 0 saturated heterocycles. The van der Waals surface area contributed by atoms with E-state index in [1.807, 2.05) is 24.1 Å². The first-order valence-electron chi connectivity index (χ1n) is 6.76. The Hall–Kier alpha value is -1.10. The molecular weight excluding hydrogens is 244 g/mol. The standard InChI is InChI=1S/C13H22N4S/c1-17-10-11(9-15-17)7-8-14-13(18)16-12-5-3-2-4-6-12/h9-10,12H,2-8H2,1H3,(H2,14,16,18). The molecule has 0 unspecified atom stereocenters. The van der Waals surface area contributed by atoms with Crippen molar-refractivity contribution in [3.63, 3.8) is 0 Å². The van der Waals surface area contributed by atoms with E-state index in [1.165, 1.54) is 37.7 Å². The van der Waals surface area contributed by atoms with Gasteiger partial charge in [0.25, 0.3) is 0 Å². The molecule has 100 valence electrons. The lowest BCUT2D eigenvalue weighted by atomic mass is 9.96. The number of aromatic nitrogens is 2. The molecule has 0 radical (unpaired) electrons. The summed E-state index contributed by atoms with van der Waals surface area (Å²) >= 11 is 5.31. The van der Waals surface area contributed by atoms with E-state index in [-0.39, 0.29) is 0 Å². The Morgan fingerprint density at radius 3 is 2.89 bits per heavy atom. The first-order valence-corrected chi connectivity index (χ1v) is 7.17. The number of nitrogens with one attached hydrogen (secondary N) is 2. The second-order valence-corrected chi connectivity index (χ2v) is 5.42. The molecule has 1 aromatic heterocycles. The predicted molar refractivity (Wildman–Crippen MR) is 77.5 cm³/mol. The van der Waals surface area contributed by atoms with E-state index in [9.17, 15) is 0 Å². The summed E-state index contributed by atoms with van der Waals surface area (Å²) in [5, 5.41) is 11.6. The Morgan fingerprint density at radius 2 is 2.22 bits per heavy atom. The Balaban J connectivity index is 1.62. The van der Waals surface area contributed by atoms with Crippen LogP contribution in [-0.4, -0.2) is 27.5 Å². The fourth-order valence-electron chi connectivity index (χ4n) is 2.40. The van der Waals surface area contributed by atoms with Crippen LogP contribution >= 0.6 is 12.2 Å². The summed E-state index contributed by atoms with van der Waals surface area (Å²) in [4.78, 5) is 0. The third-order valence-electron chi connectivity index (χ3n) is 3.40. The Morgan fingerprint density at radius 1 is 1.44 bits per heavy atom. The number of rotatable bonds is 4. The molecule has 0 atom stereocenters. The second kappa shape index (κ2) is 6.73. The van der Waals surface area contributed by atoms with Gasteiger partial charge in [-0.15, -0.1) is 0 Å². The Bertz CT molecular complexity index is 382. The minimum absolute atomic E-state index is 0.581. The lowest BCUT2D eigenvalue weighted by molar-refractivity contribution is 0.412. The summed E-state index contributed by atoms with van der Waals surface area (Å²) < 4.78 is 1.83. The lowest BCUT2D eigenvalue weighted by Crippen LogP contribution is -2.43. The van der Waals surface area contributed by atoms with Gasteiger partial charge in [-0.25, -0.2) is 0 Å². The lowest BCUT2D eigenvalue weighted by Gasteiger charge is -2.24. The normalized spacial score (nSPS) is 16.5. The highest BCUT2D eigenvalue weighted by Crippen LogP contribution is 2.17. The van der Waals surface area contributed by atoms with E-state index >= 15 is 0 Å². The zero-order chi connectivity index (χ0) is 12.8. The molecule has 1 aliphatic carbocycles. The smallest absolute Gasteiger partial charge is 0.166 e. The van der Waals surface area contributed by atoms with E-state index in [4.69, 9.17) is 12.2 Å². The fourth-order valence-corrected chi connectivity index (χ4v) is 2.67. The molecule has 5 heteroatoms. The van der Waals surface area contributed by atoms with Gasteiger partial charge in [0, 0.05) is 25.8 Å². The summed E-state index contributed by atoms with van der Waals surface area (Å²) in [6.07, 6.45) is 11.4. The molecule has 2 rings (SSSR count). The molecule has 1 heterocycles. The van der Waals surface area contributed by atoms with Crippen LogP contribution in [0.4, 0.5) is 0 Å². The summed E-state index contributed by atoms with van der Waals surface area (Å²) in [7, 11) is 1.94. The number of nitrogens with zero attached hydrogens (tertiary/aromatic N) is 2. The van der Waals surface area contributed by atoms with Crippen molar-refractivity contribution in [1.29, 1.82) is 0 Å². The molecule has 0 aromatic carbocycles. The molecule has 1 saturated carbocycles. The quantitative estimate of drug-likeness (QED) is 0.815. The SMILES string of the molecule is Cn1cc(CCNC(=S)NC2CCCCC2)cn1. The number of hydrogen-bond acceptors (Lipinski definition) is 2. The Kier molecular flexibility index (Phi) is 4.99.